The van der Waals surface area contributed by atoms with Crippen LogP contribution in [0.15, 0.2) is 36.5 Å². The summed E-state index contributed by atoms with van der Waals surface area (Å²) < 4.78 is 2.00. The molecule has 1 heterocycles. The van der Waals surface area contributed by atoms with Crippen LogP contribution in [-0.4, -0.2) is 15.7 Å². The maximum atomic E-state index is 6.13. The Hall–Kier alpha value is -1.28. The molecule has 0 radical (unpaired) electrons. The number of benzene rings is 1. The molecule has 0 amide bonds. The molecule has 1 aromatic carbocycles. The van der Waals surface area contributed by atoms with Crippen molar-refractivity contribution in [2.24, 2.45) is 0 Å². The lowest BCUT2D eigenvalue weighted by atomic mass is 9.95. The predicted molar refractivity (Wildman–Crippen MR) is 81.0 cm³/mol. The lowest BCUT2D eigenvalue weighted by molar-refractivity contribution is 0.523. The monoisotopic (exact) mass is 276 g/mol. The van der Waals surface area contributed by atoms with Crippen LogP contribution in [0.25, 0.3) is 0 Å². The summed E-state index contributed by atoms with van der Waals surface area (Å²) in [7, 11) is 0. The third-order valence-corrected chi connectivity index (χ3v) is 3.76. The van der Waals surface area contributed by atoms with Crippen LogP contribution in [-0.2, 0) is 6.42 Å². The first kappa shape index (κ1) is 14.1. The van der Waals surface area contributed by atoms with E-state index in [9.17, 15) is 0 Å². The topological polar surface area (TPSA) is 17.8 Å². The molecule has 19 heavy (non-hydrogen) atoms. The van der Waals surface area contributed by atoms with Crippen molar-refractivity contribution in [2.75, 3.05) is 5.88 Å². The number of aromatic nitrogens is 2. The Labute approximate surface area is 120 Å². The van der Waals surface area contributed by atoms with Gasteiger partial charge in [0.1, 0.15) is 0 Å². The molecule has 0 bridgehead atoms. The number of hydrogen-bond donors (Lipinski definition) is 0. The van der Waals surface area contributed by atoms with E-state index in [2.05, 4.69) is 56.2 Å². The molecule has 0 N–H and O–H groups in total. The number of nitrogens with zero attached hydrogens (tertiary/aromatic N) is 2. The maximum Gasteiger partial charge on any atom is 0.0631 e. The minimum atomic E-state index is 0.331. The van der Waals surface area contributed by atoms with Gasteiger partial charge in [0.2, 0.25) is 0 Å². The van der Waals surface area contributed by atoms with Crippen molar-refractivity contribution in [2.45, 2.75) is 39.2 Å². The number of alkyl halides is 1. The highest BCUT2D eigenvalue weighted by Gasteiger charge is 2.13. The largest absolute Gasteiger partial charge is 0.270 e. The van der Waals surface area contributed by atoms with Crippen LogP contribution in [0.3, 0.4) is 0 Å². The van der Waals surface area contributed by atoms with Crippen molar-refractivity contribution < 1.29 is 0 Å². The Bertz CT molecular complexity index is 514. The smallest absolute Gasteiger partial charge is 0.0631 e. The lowest BCUT2D eigenvalue weighted by Gasteiger charge is -2.13. The van der Waals surface area contributed by atoms with Crippen LogP contribution in [0.1, 0.15) is 42.6 Å². The van der Waals surface area contributed by atoms with Crippen LogP contribution in [0.4, 0.5) is 0 Å². The molecular weight excluding hydrogens is 256 g/mol. The molecule has 102 valence electrons. The SMILES string of the molecule is Cc1ccc(C(CCl)Cc2ccn(C(C)C)n2)cc1. The first-order valence-electron chi connectivity index (χ1n) is 6.76. The standard InChI is InChI=1S/C16H21ClN2/c1-12(2)19-9-8-16(18-19)10-15(11-17)14-6-4-13(3)5-7-14/h4-9,12,15H,10-11H2,1-3H3. The van der Waals surface area contributed by atoms with Gasteiger partial charge in [0.25, 0.3) is 0 Å². The van der Waals surface area contributed by atoms with E-state index in [0.29, 0.717) is 17.8 Å². The van der Waals surface area contributed by atoms with E-state index < -0.39 is 0 Å². The van der Waals surface area contributed by atoms with Crippen molar-refractivity contribution >= 4 is 11.6 Å². The van der Waals surface area contributed by atoms with Gasteiger partial charge in [-0.05, 0) is 38.8 Å². The van der Waals surface area contributed by atoms with Gasteiger partial charge in [-0.15, -0.1) is 11.6 Å². The molecule has 1 unspecified atom stereocenters. The van der Waals surface area contributed by atoms with Crippen molar-refractivity contribution in [3.05, 3.63) is 53.3 Å². The first-order chi connectivity index (χ1) is 9.10. The molecule has 1 aromatic heterocycles. The fraction of sp³-hybridized carbons (Fsp3) is 0.438. The third kappa shape index (κ3) is 3.60. The summed E-state index contributed by atoms with van der Waals surface area (Å²) in [6.45, 7) is 6.37. The van der Waals surface area contributed by atoms with E-state index in [4.69, 9.17) is 11.6 Å². The number of rotatable bonds is 5. The lowest BCUT2D eigenvalue weighted by Crippen LogP contribution is -2.07. The second kappa shape index (κ2) is 6.25. The second-order valence-electron chi connectivity index (χ2n) is 5.35. The molecule has 0 aliphatic heterocycles. The highest BCUT2D eigenvalue weighted by Crippen LogP contribution is 2.22. The quantitative estimate of drug-likeness (QED) is 0.743. The number of halogens is 1. The van der Waals surface area contributed by atoms with Crippen LogP contribution in [0.2, 0.25) is 0 Å². The molecule has 0 saturated heterocycles. The Morgan fingerprint density at radius 1 is 1.16 bits per heavy atom. The predicted octanol–water partition coefficient (Wildman–Crippen LogP) is 4.34. The summed E-state index contributed by atoms with van der Waals surface area (Å²) in [5, 5.41) is 4.60. The molecule has 0 spiro atoms. The highest BCUT2D eigenvalue weighted by atomic mass is 35.5. The fourth-order valence-corrected chi connectivity index (χ4v) is 2.41. The van der Waals surface area contributed by atoms with Gasteiger partial charge >= 0.3 is 0 Å². The molecule has 2 rings (SSSR count). The molecule has 2 aromatic rings. The summed E-state index contributed by atoms with van der Waals surface area (Å²) in [5.41, 5.74) is 3.68. The summed E-state index contributed by atoms with van der Waals surface area (Å²) in [6.07, 6.45) is 2.94. The van der Waals surface area contributed by atoms with Gasteiger partial charge < -0.3 is 0 Å². The van der Waals surface area contributed by atoms with Crippen molar-refractivity contribution in [1.82, 2.24) is 9.78 Å². The Morgan fingerprint density at radius 2 is 1.84 bits per heavy atom. The zero-order valence-electron chi connectivity index (χ0n) is 11.8. The van der Waals surface area contributed by atoms with E-state index in [1.54, 1.807) is 0 Å². The second-order valence-corrected chi connectivity index (χ2v) is 5.66. The zero-order chi connectivity index (χ0) is 13.8. The van der Waals surface area contributed by atoms with E-state index in [-0.39, 0.29) is 0 Å². The van der Waals surface area contributed by atoms with Gasteiger partial charge in [-0.2, -0.15) is 5.10 Å². The molecule has 3 heteroatoms. The van der Waals surface area contributed by atoms with Crippen molar-refractivity contribution in [3.63, 3.8) is 0 Å². The Morgan fingerprint density at radius 3 is 2.37 bits per heavy atom. The molecule has 0 aliphatic rings. The minimum Gasteiger partial charge on any atom is -0.270 e. The van der Waals surface area contributed by atoms with Gasteiger partial charge in [-0.3, -0.25) is 4.68 Å². The third-order valence-electron chi connectivity index (χ3n) is 3.38. The molecular formula is C16H21ClN2. The van der Waals surface area contributed by atoms with Gasteiger partial charge in [0, 0.05) is 24.0 Å². The average Bonchev–Trinajstić information content (AvgIpc) is 2.86. The highest BCUT2D eigenvalue weighted by molar-refractivity contribution is 6.18. The molecule has 0 aliphatic carbocycles. The molecule has 0 saturated carbocycles. The van der Waals surface area contributed by atoms with Crippen molar-refractivity contribution in [1.29, 1.82) is 0 Å². The number of aryl methyl sites for hydroxylation is 1. The average molecular weight is 277 g/mol. The van der Waals surface area contributed by atoms with Crippen LogP contribution in [0.5, 0.6) is 0 Å². The Kier molecular flexibility index (Phi) is 4.65. The van der Waals surface area contributed by atoms with Crippen LogP contribution >= 0.6 is 11.6 Å². The summed E-state index contributed by atoms with van der Waals surface area (Å²) >= 11 is 6.13. The number of hydrogen-bond acceptors (Lipinski definition) is 1. The van der Waals surface area contributed by atoms with Crippen LogP contribution in [0, 0.1) is 6.92 Å². The van der Waals surface area contributed by atoms with Crippen molar-refractivity contribution in [3.8, 4) is 0 Å². The van der Waals surface area contributed by atoms with Gasteiger partial charge in [-0.25, -0.2) is 0 Å². The van der Waals surface area contributed by atoms with E-state index in [0.717, 1.165) is 12.1 Å². The fourth-order valence-electron chi connectivity index (χ4n) is 2.13. The summed E-state index contributed by atoms with van der Waals surface area (Å²) in [5.74, 6) is 0.954. The van der Waals surface area contributed by atoms with E-state index in [1.165, 1.54) is 11.1 Å². The Balaban J connectivity index is 2.12. The zero-order valence-corrected chi connectivity index (χ0v) is 12.6. The van der Waals surface area contributed by atoms with Gasteiger partial charge in [0.05, 0.1) is 5.69 Å². The molecule has 2 nitrogen and oxygen atoms in total. The normalized spacial score (nSPS) is 12.9. The van der Waals surface area contributed by atoms with Crippen LogP contribution < -0.4 is 0 Å². The maximum absolute atomic E-state index is 6.13. The molecule has 1 atom stereocenters. The van der Waals surface area contributed by atoms with Gasteiger partial charge in [-0.1, -0.05) is 29.8 Å². The summed E-state index contributed by atoms with van der Waals surface area (Å²) in [4.78, 5) is 0. The van der Waals surface area contributed by atoms with E-state index in [1.807, 2.05) is 10.9 Å². The minimum absolute atomic E-state index is 0.331. The first-order valence-corrected chi connectivity index (χ1v) is 7.30. The van der Waals surface area contributed by atoms with Gasteiger partial charge in [0.15, 0.2) is 0 Å². The van der Waals surface area contributed by atoms with E-state index >= 15 is 0 Å². The summed E-state index contributed by atoms with van der Waals surface area (Å²) in [6, 6.07) is 11.1. The molecule has 0 fully saturated rings.